The van der Waals surface area contributed by atoms with Crippen LogP contribution in [0.15, 0.2) is 12.1 Å². The maximum absolute atomic E-state index is 13.9. The quantitative estimate of drug-likeness (QED) is 0.809. The van der Waals surface area contributed by atoms with E-state index in [9.17, 15) is 9.50 Å². The second-order valence-corrected chi connectivity index (χ2v) is 4.81. The number of rotatable bonds is 2. The lowest BCUT2D eigenvalue weighted by Gasteiger charge is -2.28. The Labute approximate surface area is 95.3 Å². The van der Waals surface area contributed by atoms with Crippen LogP contribution in [0.4, 0.5) is 4.39 Å². The molecule has 16 heavy (non-hydrogen) atoms. The molecule has 0 spiro atoms. The molecule has 2 nitrogen and oxygen atoms in total. The molecule has 1 aromatic rings. The monoisotopic (exact) mass is 223 g/mol. The van der Waals surface area contributed by atoms with E-state index < -0.39 is 0 Å². The summed E-state index contributed by atoms with van der Waals surface area (Å²) >= 11 is 0. The van der Waals surface area contributed by atoms with Gasteiger partial charge in [0.15, 0.2) is 0 Å². The van der Waals surface area contributed by atoms with Gasteiger partial charge in [-0.1, -0.05) is 12.8 Å². The van der Waals surface area contributed by atoms with E-state index in [1.165, 1.54) is 6.07 Å². The largest absolute Gasteiger partial charge is 0.508 e. The number of hydrogen-bond acceptors (Lipinski definition) is 2. The van der Waals surface area contributed by atoms with Crippen molar-refractivity contribution in [1.29, 1.82) is 0 Å². The molecule has 88 valence electrons. The van der Waals surface area contributed by atoms with Crippen molar-refractivity contribution in [2.75, 3.05) is 6.54 Å². The van der Waals surface area contributed by atoms with Crippen LogP contribution in [-0.2, 0) is 5.41 Å². The molecule has 0 saturated heterocycles. The summed E-state index contributed by atoms with van der Waals surface area (Å²) in [6, 6.07) is 2.96. The van der Waals surface area contributed by atoms with Gasteiger partial charge >= 0.3 is 0 Å². The maximum atomic E-state index is 13.9. The second kappa shape index (κ2) is 4.06. The van der Waals surface area contributed by atoms with E-state index in [4.69, 9.17) is 5.73 Å². The summed E-state index contributed by atoms with van der Waals surface area (Å²) < 4.78 is 13.9. The zero-order chi connectivity index (χ0) is 11.8. The van der Waals surface area contributed by atoms with Gasteiger partial charge < -0.3 is 10.8 Å². The zero-order valence-electron chi connectivity index (χ0n) is 9.59. The minimum Gasteiger partial charge on any atom is -0.508 e. The first-order valence-corrected chi connectivity index (χ1v) is 5.79. The lowest BCUT2D eigenvalue weighted by Crippen LogP contribution is -2.33. The van der Waals surface area contributed by atoms with E-state index in [2.05, 4.69) is 0 Å². The molecule has 0 aliphatic heterocycles. The Morgan fingerprint density at radius 3 is 2.56 bits per heavy atom. The predicted octanol–water partition coefficient (Wildman–Crippen LogP) is 2.61. The highest BCUT2D eigenvalue weighted by Gasteiger charge is 2.36. The second-order valence-electron chi connectivity index (χ2n) is 4.81. The summed E-state index contributed by atoms with van der Waals surface area (Å²) in [5, 5.41) is 9.69. The SMILES string of the molecule is Cc1cc(F)c(C2(CN)CCCC2)cc1O. The molecule has 0 unspecified atom stereocenters. The van der Waals surface area contributed by atoms with E-state index >= 15 is 0 Å². The summed E-state index contributed by atoms with van der Waals surface area (Å²) in [5.41, 5.74) is 6.72. The summed E-state index contributed by atoms with van der Waals surface area (Å²) in [4.78, 5) is 0. The van der Waals surface area contributed by atoms with E-state index in [0.717, 1.165) is 25.7 Å². The molecular weight excluding hydrogens is 205 g/mol. The fourth-order valence-electron chi connectivity index (χ4n) is 2.70. The first-order chi connectivity index (χ1) is 7.59. The topological polar surface area (TPSA) is 46.2 Å². The smallest absolute Gasteiger partial charge is 0.127 e. The number of phenols is 1. The molecule has 0 bridgehead atoms. The van der Waals surface area contributed by atoms with Crippen LogP contribution in [0.2, 0.25) is 0 Å². The highest BCUT2D eigenvalue weighted by atomic mass is 19.1. The summed E-state index contributed by atoms with van der Waals surface area (Å²) in [6.07, 6.45) is 4.02. The van der Waals surface area contributed by atoms with Crippen molar-refractivity contribution in [1.82, 2.24) is 0 Å². The predicted molar refractivity (Wildman–Crippen MR) is 62.0 cm³/mol. The Hall–Kier alpha value is -1.09. The normalized spacial score (nSPS) is 18.9. The molecule has 1 aliphatic rings. The number of halogens is 1. The van der Waals surface area contributed by atoms with Crippen LogP contribution in [0.25, 0.3) is 0 Å². The minimum atomic E-state index is -0.255. The molecule has 1 aromatic carbocycles. The van der Waals surface area contributed by atoms with Gasteiger partial charge in [-0.2, -0.15) is 0 Å². The Morgan fingerprint density at radius 1 is 1.38 bits per heavy atom. The summed E-state index contributed by atoms with van der Waals surface area (Å²) in [5.74, 6) is -0.0706. The van der Waals surface area contributed by atoms with Gasteiger partial charge in [0.1, 0.15) is 11.6 Å². The van der Waals surface area contributed by atoms with Crippen molar-refractivity contribution < 1.29 is 9.50 Å². The van der Waals surface area contributed by atoms with Gasteiger partial charge in [0.2, 0.25) is 0 Å². The van der Waals surface area contributed by atoms with Crippen LogP contribution >= 0.6 is 0 Å². The fourth-order valence-corrected chi connectivity index (χ4v) is 2.70. The molecular formula is C13H18FNO. The highest BCUT2D eigenvalue weighted by molar-refractivity contribution is 5.40. The van der Waals surface area contributed by atoms with Crippen LogP contribution in [0.3, 0.4) is 0 Å². The van der Waals surface area contributed by atoms with Gasteiger partial charge in [0, 0.05) is 12.0 Å². The van der Waals surface area contributed by atoms with E-state index in [1.807, 2.05) is 0 Å². The number of hydrogen-bond donors (Lipinski definition) is 2. The number of benzene rings is 1. The average Bonchev–Trinajstić information content (AvgIpc) is 2.73. The van der Waals surface area contributed by atoms with Crippen molar-refractivity contribution in [3.8, 4) is 5.75 Å². The molecule has 3 N–H and O–H groups in total. The van der Waals surface area contributed by atoms with Gasteiger partial charge in [-0.15, -0.1) is 0 Å². The van der Waals surface area contributed by atoms with Crippen molar-refractivity contribution >= 4 is 0 Å². The lowest BCUT2D eigenvalue weighted by molar-refractivity contribution is 0.416. The maximum Gasteiger partial charge on any atom is 0.127 e. The molecule has 1 fully saturated rings. The highest BCUT2D eigenvalue weighted by Crippen LogP contribution is 2.42. The number of phenolic OH excluding ortho intramolecular Hbond substituents is 1. The van der Waals surface area contributed by atoms with Gasteiger partial charge in [0.25, 0.3) is 0 Å². The fraction of sp³-hybridized carbons (Fsp3) is 0.538. The van der Waals surface area contributed by atoms with Crippen LogP contribution < -0.4 is 5.73 Å². The Bertz CT molecular complexity index is 397. The first-order valence-electron chi connectivity index (χ1n) is 5.79. The summed E-state index contributed by atoms with van der Waals surface area (Å²) in [6.45, 7) is 2.15. The van der Waals surface area contributed by atoms with Gasteiger partial charge in [-0.05, 0) is 43.0 Å². The standard InChI is InChI=1S/C13H18FNO/c1-9-6-11(14)10(7-12(9)16)13(8-15)4-2-3-5-13/h6-7,16H,2-5,8,15H2,1H3. The van der Waals surface area contributed by atoms with Crippen LogP contribution in [-0.4, -0.2) is 11.7 Å². The lowest BCUT2D eigenvalue weighted by atomic mass is 9.78. The van der Waals surface area contributed by atoms with Crippen molar-refractivity contribution in [3.05, 3.63) is 29.1 Å². The number of aromatic hydroxyl groups is 1. The Balaban J connectivity index is 2.50. The molecule has 0 amide bonds. The molecule has 0 aromatic heterocycles. The summed E-state index contributed by atoms with van der Waals surface area (Å²) in [7, 11) is 0. The zero-order valence-corrected chi connectivity index (χ0v) is 9.59. The molecule has 2 rings (SSSR count). The van der Waals surface area contributed by atoms with E-state index in [1.54, 1.807) is 13.0 Å². The van der Waals surface area contributed by atoms with E-state index in [-0.39, 0.29) is 17.0 Å². The molecule has 0 heterocycles. The number of nitrogens with two attached hydrogens (primary N) is 1. The third kappa shape index (κ3) is 1.69. The molecule has 1 aliphatic carbocycles. The Morgan fingerprint density at radius 2 is 2.00 bits per heavy atom. The van der Waals surface area contributed by atoms with Crippen LogP contribution in [0.5, 0.6) is 5.75 Å². The van der Waals surface area contributed by atoms with Crippen LogP contribution in [0.1, 0.15) is 36.8 Å². The van der Waals surface area contributed by atoms with Crippen LogP contribution in [0, 0.1) is 12.7 Å². The van der Waals surface area contributed by atoms with Gasteiger partial charge in [-0.25, -0.2) is 4.39 Å². The van der Waals surface area contributed by atoms with Crippen molar-refractivity contribution in [2.24, 2.45) is 5.73 Å². The third-order valence-electron chi connectivity index (χ3n) is 3.81. The van der Waals surface area contributed by atoms with Gasteiger partial charge in [-0.3, -0.25) is 0 Å². The number of aryl methyl sites for hydroxylation is 1. The molecule has 0 atom stereocenters. The minimum absolute atomic E-state index is 0.163. The molecule has 3 heteroatoms. The first kappa shape index (κ1) is 11.4. The van der Waals surface area contributed by atoms with Crippen molar-refractivity contribution in [3.63, 3.8) is 0 Å². The van der Waals surface area contributed by atoms with E-state index in [0.29, 0.717) is 17.7 Å². The Kier molecular flexibility index (Phi) is 2.89. The molecule has 0 radical (unpaired) electrons. The van der Waals surface area contributed by atoms with Gasteiger partial charge in [0.05, 0.1) is 0 Å². The third-order valence-corrected chi connectivity index (χ3v) is 3.81. The molecule has 1 saturated carbocycles. The van der Waals surface area contributed by atoms with Crippen molar-refractivity contribution in [2.45, 2.75) is 38.0 Å². The average molecular weight is 223 g/mol.